The highest BCUT2D eigenvalue weighted by Gasteiger charge is 2.12. The molecule has 0 atom stereocenters. The van der Waals surface area contributed by atoms with Crippen molar-refractivity contribution in [1.82, 2.24) is 0 Å². The molecule has 0 heterocycles. The molecule has 2 nitrogen and oxygen atoms in total. The maximum atomic E-state index is 8.69. The van der Waals surface area contributed by atoms with Crippen LogP contribution < -0.4 is 0 Å². The van der Waals surface area contributed by atoms with E-state index in [-0.39, 0.29) is 0 Å². The van der Waals surface area contributed by atoms with Gasteiger partial charge in [-0.2, -0.15) is 0 Å². The number of allylic oxidation sites excluding steroid dienone is 4. The Bertz CT molecular complexity index is 268. The van der Waals surface area contributed by atoms with Crippen LogP contribution >= 0.6 is 0 Å². The summed E-state index contributed by atoms with van der Waals surface area (Å²) >= 11 is 0. The summed E-state index contributed by atoms with van der Waals surface area (Å²) in [5.74, 6) is 0. The van der Waals surface area contributed by atoms with E-state index in [9.17, 15) is 0 Å². The van der Waals surface area contributed by atoms with Crippen LogP contribution in [0, 0.1) is 0 Å². The lowest BCUT2D eigenvalue weighted by atomic mass is 9.91. The lowest BCUT2D eigenvalue weighted by Gasteiger charge is -2.15. The van der Waals surface area contributed by atoms with Gasteiger partial charge in [-0.1, -0.05) is 22.4 Å². The first-order chi connectivity index (χ1) is 5.65. The molecule has 0 aliphatic heterocycles. The molecule has 66 valence electrons. The highest BCUT2D eigenvalue weighted by atomic mass is 16.4. The summed E-state index contributed by atoms with van der Waals surface area (Å²) in [6, 6.07) is 0. The van der Waals surface area contributed by atoms with Crippen molar-refractivity contribution in [3.05, 3.63) is 22.8 Å². The maximum Gasteiger partial charge on any atom is 0.0862 e. The highest BCUT2D eigenvalue weighted by Crippen LogP contribution is 2.23. The molecular formula is C10H15NO. The van der Waals surface area contributed by atoms with Gasteiger partial charge in [0.25, 0.3) is 0 Å². The average Bonchev–Trinajstić information content (AvgIpc) is 2.05. The van der Waals surface area contributed by atoms with Crippen LogP contribution in [0.4, 0.5) is 0 Å². The maximum absolute atomic E-state index is 8.69. The van der Waals surface area contributed by atoms with Crippen LogP contribution in [0.5, 0.6) is 0 Å². The zero-order valence-corrected chi connectivity index (χ0v) is 7.89. The first-order valence-electron chi connectivity index (χ1n) is 4.18. The van der Waals surface area contributed by atoms with Crippen LogP contribution in [0.2, 0.25) is 0 Å². The van der Waals surface area contributed by atoms with Crippen molar-refractivity contribution in [1.29, 1.82) is 0 Å². The van der Waals surface area contributed by atoms with E-state index in [0.29, 0.717) is 0 Å². The van der Waals surface area contributed by atoms with E-state index < -0.39 is 0 Å². The molecule has 0 fully saturated rings. The number of hydrogen-bond donors (Lipinski definition) is 1. The van der Waals surface area contributed by atoms with Gasteiger partial charge in [-0.05, 0) is 32.8 Å². The second-order valence-corrected chi connectivity index (χ2v) is 3.42. The van der Waals surface area contributed by atoms with Crippen LogP contribution in [0.15, 0.2) is 28.0 Å². The van der Waals surface area contributed by atoms with Crippen molar-refractivity contribution in [3.63, 3.8) is 0 Å². The van der Waals surface area contributed by atoms with Gasteiger partial charge in [0.15, 0.2) is 0 Å². The van der Waals surface area contributed by atoms with Crippen molar-refractivity contribution < 1.29 is 5.21 Å². The van der Waals surface area contributed by atoms with E-state index in [4.69, 9.17) is 5.21 Å². The molecule has 12 heavy (non-hydrogen) atoms. The SMILES string of the molecule is CC1=CCC(=C(C)C)CC1=NO. The summed E-state index contributed by atoms with van der Waals surface area (Å²) in [4.78, 5) is 0. The molecule has 2 heteroatoms. The summed E-state index contributed by atoms with van der Waals surface area (Å²) in [6.07, 6.45) is 3.93. The molecule has 0 saturated carbocycles. The van der Waals surface area contributed by atoms with E-state index in [2.05, 4.69) is 25.1 Å². The summed E-state index contributed by atoms with van der Waals surface area (Å²) in [7, 11) is 0. The topological polar surface area (TPSA) is 32.6 Å². The van der Waals surface area contributed by atoms with Crippen molar-refractivity contribution in [2.24, 2.45) is 5.16 Å². The van der Waals surface area contributed by atoms with Gasteiger partial charge in [-0.15, -0.1) is 0 Å². The molecule has 0 saturated heterocycles. The molecular weight excluding hydrogens is 150 g/mol. The second kappa shape index (κ2) is 3.57. The minimum absolute atomic E-state index is 0.803. The Balaban J connectivity index is 2.93. The van der Waals surface area contributed by atoms with Crippen molar-refractivity contribution in [3.8, 4) is 0 Å². The number of rotatable bonds is 0. The van der Waals surface area contributed by atoms with Crippen LogP contribution in [0.1, 0.15) is 33.6 Å². The number of nitrogens with zero attached hydrogens (tertiary/aromatic N) is 1. The van der Waals surface area contributed by atoms with Gasteiger partial charge < -0.3 is 5.21 Å². The predicted octanol–water partition coefficient (Wildman–Crippen LogP) is 2.89. The van der Waals surface area contributed by atoms with Gasteiger partial charge in [-0.3, -0.25) is 0 Å². The molecule has 0 bridgehead atoms. The Morgan fingerprint density at radius 3 is 2.67 bits per heavy atom. The van der Waals surface area contributed by atoms with Gasteiger partial charge >= 0.3 is 0 Å². The Kier molecular flexibility index (Phi) is 2.69. The van der Waals surface area contributed by atoms with Gasteiger partial charge in [0.05, 0.1) is 5.71 Å². The predicted molar refractivity (Wildman–Crippen MR) is 50.6 cm³/mol. The van der Waals surface area contributed by atoms with E-state index in [1.165, 1.54) is 11.1 Å². The summed E-state index contributed by atoms with van der Waals surface area (Å²) in [5, 5.41) is 12.0. The van der Waals surface area contributed by atoms with Crippen LogP contribution in [0.3, 0.4) is 0 Å². The third-order valence-corrected chi connectivity index (χ3v) is 2.32. The molecule has 1 N–H and O–H groups in total. The normalized spacial score (nSPS) is 21.1. The van der Waals surface area contributed by atoms with Crippen LogP contribution in [0.25, 0.3) is 0 Å². The minimum atomic E-state index is 0.803. The molecule has 0 amide bonds. The van der Waals surface area contributed by atoms with E-state index in [1.54, 1.807) is 0 Å². The fraction of sp³-hybridized carbons (Fsp3) is 0.500. The zero-order valence-electron chi connectivity index (χ0n) is 7.89. The van der Waals surface area contributed by atoms with Gasteiger partial charge in [0, 0.05) is 6.42 Å². The summed E-state index contributed by atoms with van der Waals surface area (Å²) < 4.78 is 0. The molecule has 0 aromatic rings. The third kappa shape index (κ3) is 1.76. The van der Waals surface area contributed by atoms with E-state index >= 15 is 0 Å². The Morgan fingerprint density at radius 1 is 1.50 bits per heavy atom. The van der Waals surface area contributed by atoms with Crippen molar-refractivity contribution in [2.75, 3.05) is 0 Å². The molecule has 1 rings (SSSR count). The standard InChI is InChI=1S/C10H15NO/c1-7(2)9-5-4-8(3)10(6-9)11-12/h4,12H,5-6H2,1-3H3. The first kappa shape index (κ1) is 9.04. The number of hydrogen-bond acceptors (Lipinski definition) is 2. The first-order valence-corrected chi connectivity index (χ1v) is 4.18. The quantitative estimate of drug-likeness (QED) is 0.334. The van der Waals surface area contributed by atoms with Crippen LogP contribution in [-0.4, -0.2) is 10.9 Å². The molecule has 0 aromatic carbocycles. The van der Waals surface area contributed by atoms with Crippen LogP contribution in [-0.2, 0) is 0 Å². The fourth-order valence-corrected chi connectivity index (χ4v) is 1.30. The Morgan fingerprint density at radius 2 is 2.17 bits per heavy atom. The number of oxime groups is 1. The van der Waals surface area contributed by atoms with Gasteiger partial charge in [0.2, 0.25) is 0 Å². The average molecular weight is 165 g/mol. The van der Waals surface area contributed by atoms with Crippen molar-refractivity contribution in [2.45, 2.75) is 33.6 Å². The molecule has 0 radical (unpaired) electrons. The molecule has 1 aliphatic rings. The third-order valence-electron chi connectivity index (χ3n) is 2.32. The minimum Gasteiger partial charge on any atom is -0.411 e. The fourth-order valence-electron chi connectivity index (χ4n) is 1.30. The largest absolute Gasteiger partial charge is 0.411 e. The molecule has 0 unspecified atom stereocenters. The van der Waals surface area contributed by atoms with Crippen molar-refractivity contribution >= 4 is 5.71 Å². The van der Waals surface area contributed by atoms with Gasteiger partial charge in [-0.25, -0.2) is 0 Å². The molecule has 0 aromatic heterocycles. The lowest BCUT2D eigenvalue weighted by molar-refractivity contribution is 0.318. The summed E-state index contributed by atoms with van der Waals surface area (Å²) in [6.45, 7) is 6.18. The molecule has 1 aliphatic carbocycles. The highest BCUT2D eigenvalue weighted by molar-refractivity contribution is 6.01. The molecule has 0 spiro atoms. The smallest absolute Gasteiger partial charge is 0.0862 e. The summed E-state index contributed by atoms with van der Waals surface area (Å²) in [5.41, 5.74) is 4.60. The lowest BCUT2D eigenvalue weighted by Crippen LogP contribution is -2.08. The zero-order chi connectivity index (χ0) is 9.14. The second-order valence-electron chi connectivity index (χ2n) is 3.42. The monoisotopic (exact) mass is 165 g/mol. The Labute approximate surface area is 73.3 Å². The van der Waals surface area contributed by atoms with Gasteiger partial charge in [0.1, 0.15) is 0 Å². The Hall–Kier alpha value is -1.05. The van der Waals surface area contributed by atoms with E-state index in [1.807, 2.05) is 6.92 Å². The van der Waals surface area contributed by atoms with E-state index in [0.717, 1.165) is 24.1 Å².